The number of hydrogen-bond acceptors (Lipinski definition) is 6. The number of ether oxygens (including phenoxy) is 1. The van der Waals surface area contributed by atoms with E-state index in [0.29, 0.717) is 36.9 Å². The smallest absolute Gasteiger partial charge is 0.410 e. The first-order valence-electron chi connectivity index (χ1n) is 8.18. The van der Waals surface area contributed by atoms with E-state index < -0.39 is 0 Å². The Labute approximate surface area is 147 Å². The van der Waals surface area contributed by atoms with E-state index in [2.05, 4.69) is 25.1 Å². The summed E-state index contributed by atoms with van der Waals surface area (Å²) in [6.45, 7) is 1.31. The summed E-state index contributed by atoms with van der Waals surface area (Å²) in [6.07, 6.45) is 1.37. The number of nitrogens with zero attached hydrogens (tertiary/aromatic N) is 4. The Kier molecular flexibility index (Phi) is 3.08. The van der Waals surface area contributed by atoms with Crippen LogP contribution in [-0.2, 0) is 11.3 Å². The van der Waals surface area contributed by atoms with E-state index in [1.165, 1.54) is 0 Å². The summed E-state index contributed by atoms with van der Waals surface area (Å²) < 4.78 is 4.95. The first kappa shape index (κ1) is 14.7. The molecule has 1 aliphatic rings. The molecule has 5 rings (SSSR count). The zero-order chi connectivity index (χ0) is 17.7. The summed E-state index contributed by atoms with van der Waals surface area (Å²) >= 11 is 0. The second kappa shape index (κ2) is 5.45. The molecule has 1 saturated heterocycles. The Morgan fingerprint density at radius 2 is 2.19 bits per heavy atom. The van der Waals surface area contributed by atoms with Gasteiger partial charge in [0.15, 0.2) is 0 Å². The number of amides is 1. The van der Waals surface area contributed by atoms with Crippen LogP contribution in [0, 0.1) is 0 Å². The van der Waals surface area contributed by atoms with Crippen LogP contribution in [-0.4, -0.2) is 49.3 Å². The van der Waals surface area contributed by atoms with Gasteiger partial charge in [0.2, 0.25) is 0 Å². The Bertz CT molecular complexity index is 1130. The van der Waals surface area contributed by atoms with Gasteiger partial charge in [0.25, 0.3) is 0 Å². The lowest BCUT2D eigenvalue weighted by Crippen LogP contribution is -2.24. The molecule has 0 atom stereocenters. The normalized spacial score (nSPS) is 14.5. The summed E-state index contributed by atoms with van der Waals surface area (Å²) in [7, 11) is 0. The van der Waals surface area contributed by atoms with E-state index >= 15 is 0 Å². The maximum atomic E-state index is 11.6. The number of cyclic esters (lactones) is 1. The fourth-order valence-corrected chi connectivity index (χ4v) is 3.22. The first-order valence-corrected chi connectivity index (χ1v) is 8.18. The third kappa shape index (κ3) is 2.25. The molecule has 4 aromatic rings. The number of nitrogens with two attached hydrogens (primary N) is 1. The number of benzene rings is 1. The summed E-state index contributed by atoms with van der Waals surface area (Å²) in [6, 6.07) is 7.80. The lowest BCUT2D eigenvalue weighted by Gasteiger charge is -2.09. The summed E-state index contributed by atoms with van der Waals surface area (Å²) in [5.41, 5.74) is 10.2. The van der Waals surface area contributed by atoms with Crippen LogP contribution in [0.1, 0.15) is 5.82 Å². The third-order valence-electron chi connectivity index (χ3n) is 4.50. The van der Waals surface area contributed by atoms with Crippen molar-refractivity contribution in [2.75, 3.05) is 18.9 Å². The minimum absolute atomic E-state index is 0.328. The van der Waals surface area contributed by atoms with Crippen LogP contribution in [0.5, 0.6) is 0 Å². The predicted molar refractivity (Wildman–Crippen MR) is 95.1 cm³/mol. The van der Waals surface area contributed by atoms with Crippen molar-refractivity contribution in [1.82, 2.24) is 30.0 Å². The molecule has 0 saturated carbocycles. The molecule has 1 fully saturated rings. The SMILES string of the molecule is Nc1nc2cc(-c3ccn[nH]3)ccc2c2nc(CN3CCOC3=O)[nH]c12. The fraction of sp³-hybridized carbons (Fsp3) is 0.176. The number of aromatic amines is 2. The molecule has 0 bridgehead atoms. The molecule has 0 aliphatic carbocycles. The van der Waals surface area contributed by atoms with E-state index in [1.54, 1.807) is 11.1 Å². The summed E-state index contributed by atoms with van der Waals surface area (Å²) in [5, 5.41) is 7.81. The van der Waals surface area contributed by atoms with Crippen LogP contribution in [0.25, 0.3) is 33.2 Å². The molecule has 0 spiro atoms. The molecule has 9 nitrogen and oxygen atoms in total. The second-order valence-electron chi connectivity index (χ2n) is 6.14. The molecule has 0 unspecified atom stereocenters. The minimum atomic E-state index is -0.328. The van der Waals surface area contributed by atoms with Gasteiger partial charge in [0, 0.05) is 17.1 Å². The first-order chi connectivity index (χ1) is 12.7. The maximum absolute atomic E-state index is 11.6. The monoisotopic (exact) mass is 349 g/mol. The average molecular weight is 349 g/mol. The van der Waals surface area contributed by atoms with Gasteiger partial charge in [-0.15, -0.1) is 0 Å². The van der Waals surface area contributed by atoms with E-state index in [9.17, 15) is 4.79 Å². The lowest BCUT2D eigenvalue weighted by molar-refractivity contribution is 0.156. The predicted octanol–water partition coefficient (Wildman–Crippen LogP) is 2.04. The van der Waals surface area contributed by atoms with Crippen molar-refractivity contribution in [3.8, 4) is 11.3 Å². The Morgan fingerprint density at radius 3 is 2.96 bits per heavy atom. The zero-order valence-electron chi connectivity index (χ0n) is 13.7. The van der Waals surface area contributed by atoms with Crippen LogP contribution in [0.4, 0.5) is 10.6 Å². The standard InChI is InChI=1S/C17H15N7O2/c18-16-15-14(21-13(22-15)8-24-5-6-26-17(24)25)10-2-1-9(7-12(10)20-16)11-3-4-19-23-11/h1-4,7H,5-6,8H2,(H2,18,20)(H,19,23)(H,21,22). The number of fused-ring (bicyclic) bond motifs is 3. The van der Waals surface area contributed by atoms with Crippen molar-refractivity contribution in [2.24, 2.45) is 0 Å². The Hall–Kier alpha value is -3.62. The largest absolute Gasteiger partial charge is 0.448 e. The van der Waals surface area contributed by atoms with E-state index in [1.807, 2.05) is 24.3 Å². The highest BCUT2D eigenvalue weighted by atomic mass is 16.6. The fourth-order valence-electron chi connectivity index (χ4n) is 3.22. The molecular formula is C17H15N7O2. The quantitative estimate of drug-likeness (QED) is 0.519. The van der Waals surface area contributed by atoms with Crippen molar-refractivity contribution >= 4 is 33.8 Å². The van der Waals surface area contributed by atoms with E-state index in [0.717, 1.165) is 27.7 Å². The summed E-state index contributed by atoms with van der Waals surface area (Å²) in [4.78, 5) is 25.6. The van der Waals surface area contributed by atoms with Crippen LogP contribution in [0.2, 0.25) is 0 Å². The van der Waals surface area contributed by atoms with Gasteiger partial charge in [-0.05, 0) is 18.2 Å². The number of H-pyrrole nitrogens is 2. The highest BCUT2D eigenvalue weighted by Crippen LogP contribution is 2.29. The van der Waals surface area contributed by atoms with Crippen LogP contribution >= 0.6 is 0 Å². The Morgan fingerprint density at radius 1 is 1.27 bits per heavy atom. The minimum Gasteiger partial charge on any atom is -0.448 e. The van der Waals surface area contributed by atoms with Crippen LogP contribution in [0.15, 0.2) is 30.5 Å². The molecular weight excluding hydrogens is 334 g/mol. The number of nitrogen functional groups attached to an aromatic ring is 1. The van der Waals surface area contributed by atoms with Gasteiger partial charge in [0.1, 0.15) is 29.3 Å². The number of imidazole rings is 1. The molecule has 26 heavy (non-hydrogen) atoms. The molecule has 1 aliphatic heterocycles. The average Bonchev–Trinajstić information content (AvgIpc) is 3.37. The van der Waals surface area contributed by atoms with Crippen molar-refractivity contribution in [3.63, 3.8) is 0 Å². The molecule has 9 heteroatoms. The molecule has 4 heterocycles. The van der Waals surface area contributed by atoms with Crippen molar-refractivity contribution in [1.29, 1.82) is 0 Å². The number of pyridine rings is 1. The zero-order valence-corrected chi connectivity index (χ0v) is 13.7. The van der Waals surface area contributed by atoms with Gasteiger partial charge in [-0.2, -0.15) is 5.10 Å². The number of aromatic nitrogens is 5. The molecule has 3 aromatic heterocycles. The van der Waals surface area contributed by atoms with Gasteiger partial charge in [-0.1, -0.05) is 6.07 Å². The number of carbonyl (C=O) groups excluding carboxylic acids is 1. The molecule has 0 radical (unpaired) electrons. The van der Waals surface area contributed by atoms with E-state index in [4.69, 9.17) is 10.5 Å². The molecule has 1 aromatic carbocycles. The topological polar surface area (TPSA) is 126 Å². The molecule has 130 valence electrons. The molecule has 4 N–H and O–H groups in total. The maximum Gasteiger partial charge on any atom is 0.410 e. The van der Waals surface area contributed by atoms with Gasteiger partial charge < -0.3 is 15.5 Å². The van der Waals surface area contributed by atoms with E-state index in [-0.39, 0.29) is 6.09 Å². The van der Waals surface area contributed by atoms with Crippen molar-refractivity contribution in [3.05, 3.63) is 36.3 Å². The van der Waals surface area contributed by atoms with Crippen molar-refractivity contribution < 1.29 is 9.53 Å². The number of anilines is 1. The lowest BCUT2D eigenvalue weighted by atomic mass is 10.1. The number of hydrogen-bond donors (Lipinski definition) is 3. The number of rotatable bonds is 3. The van der Waals surface area contributed by atoms with Gasteiger partial charge in [-0.25, -0.2) is 14.8 Å². The van der Waals surface area contributed by atoms with Crippen molar-refractivity contribution in [2.45, 2.75) is 6.54 Å². The van der Waals surface area contributed by atoms with Gasteiger partial charge >= 0.3 is 6.09 Å². The number of nitrogens with one attached hydrogen (secondary N) is 2. The second-order valence-corrected chi connectivity index (χ2v) is 6.14. The highest BCUT2D eigenvalue weighted by molar-refractivity contribution is 6.07. The summed E-state index contributed by atoms with van der Waals surface area (Å²) in [5.74, 6) is 1.02. The third-order valence-corrected chi connectivity index (χ3v) is 4.50. The molecule has 1 amide bonds. The highest BCUT2D eigenvalue weighted by Gasteiger charge is 2.23. The van der Waals surface area contributed by atoms with Crippen LogP contribution in [0.3, 0.4) is 0 Å². The van der Waals surface area contributed by atoms with Crippen LogP contribution < -0.4 is 5.73 Å². The number of carbonyl (C=O) groups is 1. The van der Waals surface area contributed by atoms with Gasteiger partial charge in [-0.3, -0.25) is 10.00 Å². The Balaban J connectivity index is 1.61. The van der Waals surface area contributed by atoms with Gasteiger partial charge in [0.05, 0.1) is 24.3 Å².